The van der Waals surface area contributed by atoms with Crippen LogP contribution in [0.3, 0.4) is 0 Å². The summed E-state index contributed by atoms with van der Waals surface area (Å²) in [5.74, 6) is 1.32. The Balaban J connectivity index is 2.51. The van der Waals surface area contributed by atoms with Gasteiger partial charge in [-0.25, -0.2) is 0 Å². The molecular weight excluding hydrogens is 412 g/mol. The van der Waals surface area contributed by atoms with Crippen molar-refractivity contribution in [3.05, 3.63) is 28.0 Å². The first-order valence-corrected chi connectivity index (χ1v) is 9.71. The van der Waals surface area contributed by atoms with Gasteiger partial charge in [0.1, 0.15) is 5.75 Å². The molecular formula is C20H29BrN2O4. The minimum absolute atomic E-state index is 0.144. The van der Waals surface area contributed by atoms with E-state index in [0.717, 1.165) is 22.4 Å². The summed E-state index contributed by atoms with van der Waals surface area (Å²) in [7, 11) is 1.65. The van der Waals surface area contributed by atoms with Crippen LogP contribution in [0.25, 0.3) is 11.5 Å². The number of benzene rings is 1. The van der Waals surface area contributed by atoms with Crippen LogP contribution in [-0.4, -0.2) is 37.3 Å². The van der Waals surface area contributed by atoms with Crippen molar-refractivity contribution in [1.29, 1.82) is 0 Å². The van der Waals surface area contributed by atoms with Gasteiger partial charge in [-0.2, -0.15) is 4.98 Å². The smallest absolute Gasteiger partial charge is 0.258 e. The zero-order valence-corrected chi connectivity index (χ0v) is 18.8. The second-order valence-electron chi connectivity index (χ2n) is 8.43. The van der Waals surface area contributed by atoms with Gasteiger partial charge in [-0.15, -0.1) is 0 Å². The Morgan fingerprint density at radius 3 is 2.04 bits per heavy atom. The standard InChI is InChI=1S/C20H29BrN2O4/c1-19(2,3)14-10-13(17-22-18(21)23-27-17)11-15(20(4,5)6)16(14)26-12-25-9-8-24-7/h10-11H,8-9,12H2,1-7H3. The van der Waals surface area contributed by atoms with Crippen LogP contribution in [0.15, 0.2) is 21.4 Å². The van der Waals surface area contributed by atoms with Gasteiger partial charge in [0.05, 0.1) is 13.2 Å². The molecule has 0 spiro atoms. The number of nitrogens with zero attached hydrogens (tertiary/aromatic N) is 2. The highest BCUT2D eigenvalue weighted by atomic mass is 79.9. The molecule has 0 unspecified atom stereocenters. The van der Waals surface area contributed by atoms with Crippen molar-refractivity contribution in [3.8, 4) is 17.2 Å². The number of hydrogen-bond acceptors (Lipinski definition) is 6. The summed E-state index contributed by atoms with van der Waals surface area (Å²) in [5.41, 5.74) is 2.71. The summed E-state index contributed by atoms with van der Waals surface area (Å²) in [6.07, 6.45) is 0. The number of hydrogen-bond donors (Lipinski definition) is 0. The normalized spacial score (nSPS) is 12.4. The zero-order valence-electron chi connectivity index (χ0n) is 17.2. The van der Waals surface area contributed by atoms with Gasteiger partial charge in [0.2, 0.25) is 4.73 Å². The Bertz CT molecular complexity index is 725. The van der Waals surface area contributed by atoms with E-state index in [1.165, 1.54) is 0 Å². The maximum absolute atomic E-state index is 6.11. The first-order chi connectivity index (χ1) is 12.5. The van der Waals surface area contributed by atoms with Crippen molar-refractivity contribution in [2.75, 3.05) is 27.1 Å². The predicted octanol–water partition coefficient (Wildman–Crippen LogP) is 5.09. The maximum Gasteiger partial charge on any atom is 0.258 e. The molecule has 0 bridgehead atoms. The molecule has 0 aliphatic carbocycles. The van der Waals surface area contributed by atoms with E-state index >= 15 is 0 Å². The Labute approximate surface area is 169 Å². The maximum atomic E-state index is 6.11. The lowest BCUT2D eigenvalue weighted by atomic mass is 9.78. The van der Waals surface area contributed by atoms with E-state index < -0.39 is 0 Å². The molecule has 6 nitrogen and oxygen atoms in total. The third-order valence-corrected chi connectivity index (χ3v) is 4.39. The van der Waals surface area contributed by atoms with Crippen molar-refractivity contribution in [3.63, 3.8) is 0 Å². The summed E-state index contributed by atoms with van der Waals surface area (Å²) >= 11 is 3.25. The molecule has 2 aromatic rings. The number of aromatic nitrogens is 2. The van der Waals surface area contributed by atoms with E-state index in [-0.39, 0.29) is 17.6 Å². The summed E-state index contributed by atoms with van der Waals surface area (Å²) in [6, 6.07) is 4.11. The predicted molar refractivity (Wildman–Crippen MR) is 108 cm³/mol. The first-order valence-electron chi connectivity index (χ1n) is 8.92. The number of rotatable bonds is 7. The lowest BCUT2D eigenvalue weighted by Gasteiger charge is -2.30. The Morgan fingerprint density at radius 1 is 1.00 bits per heavy atom. The lowest BCUT2D eigenvalue weighted by Crippen LogP contribution is -2.21. The fourth-order valence-electron chi connectivity index (χ4n) is 2.65. The summed E-state index contributed by atoms with van der Waals surface area (Å²) in [6.45, 7) is 14.1. The minimum Gasteiger partial charge on any atom is -0.467 e. The second-order valence-corrected chi connectivity index (χ2v) is 9.14. The van der Waals surface area contributed by atoms with Crippen molar-refractivity contribution in [1.82, 2.24) is 10.1 Å². The highest BCUT2D eigenvalue weighted by Crippen LogP contribution is 2.42. The number of halogens is 1. The topological polar surface area (TPSA) is 66.6 Å². The summed E-state index contributed by atoms with van der Waals surface area (Å²) < 4.78 is 22.4. The van der Waals surface area contributed by atoms with E-state index in [2.05, 4.69) is 79.7 Å². The Morgan fingerprint density at radius 2 is 1.59 bits per heavy atom. The Hall–Kier alpha value is -1.44. The molecule has 0 aliphatic rings. The average molecular weight is 441 g/mol. The monoisotopic (exact) mass is 440 g/mol. The van der Waals surface area contributed by atoms with Gasteiger partial charge in [0.15, 0.2) is 6.79 Å². The molecule has 0 fully saturated rings. The van der Waals surface area contributed by atoms with Gasteiger partial charge in [-0.3, -0.25) is 0 Å². The van der Waals surface area contributed by atoms with Gasteiger partial charge < -0.3 is 18.7 Å². The molecule has 0 amide bonds. The van der Waals surface area contributed by atoms with E-state index in [0.29, 0.717) is 23.8 Å². The molecule has 7 heteroatoms. The fourth-order valence-corrected chi connectivity index (χ4v) is 2.88. The van der Waals surface area contributed by atoms with E-state index in [1.807, 2.05) is 0 Å². The molecule has 0 N–H and O–H groups in total. The first kappa shape index (κ1) is 21.9. The van der Waals surface area contributed by atoms with Crippen LogP contribution in [0.5, 0.6) is 5.75 Å². The van der Waals surface area contributed by atoms with Crippen LogP contribution >= 0.6 is 15.9 Å². The fraction of sp³-hybridized carbons (Fsp3) is 0.600. The molecule has 0 aliphatic heterocycles. The van der Waals surface area contributed by atoms with Crippen LogP contribution in [0, 0.1) is 0 Å². The molecule has 1 heterocycles. The summed E-state index contributed by atoms with van der Waals surface area (Å²) in [4.78, 5) is 4.31. The van der Waals surface area contributed by atoms with Crippen LogP contribution in [0.1, 0.15) is 52.7 Å². The molecule has 27 heavy (non-hydrogen) atoms. The van der Waals surface area contributed by atoms with E-state index in [9.17, 15) is 0 Å². The van der Waals surface area contributed by atoms with Crippen molar-refractivity contribution in [2.45, 2.75) is 52.4 Å². The highest BCUT2D eigenvalue weighted by Gasteiger charge is 2.29. The molecule has 0 saturated heterocycles. The van der Waals surface area contributed by atoms with Crippen molar-refractivity contribution >= 4 is 15.9 Å². The lowest BCUT2D eigenvalue weighted by molar-refractivity contribution is -0.00991. The molecule has 0 radical (unpaired) electrons. The van der Waals surface area contributed by atoms with Gasteiger partial charge >= 0.3 is 0 Å². The third-order valence-electron chi connectivity index (χ3n) is 4.07. The molecule has 150 valence electrons. The van der Waals surface area contributed by atoms with Gasteiger partial charge in [0, 0.05) is 23.8 Å². The van der Waals surface area contributed by atoms with Gasteiger partial charge in [0.25, 0.3) is 5.89 Å². The SMILES string of the molecule is COCCOCOc1c(C(C)(C)C)cc(-c2nc(Br)no2)cc1C(C)(C)C. The summed E-state index contributed by atoms with van der Waals surface area (Å²) in [5, 5.41) is 3.84. The number of methoxy groups -OCH3 is 1. The Kier molecular flexibility index (Phi) is 7.05. The van der Waals surface area contributed by atoms with Crippen LogP contribution in [-0.2, 0) is 20.3 Å². The third kappa shape index (κ3) is 5.77. The quantitative estimate of drug-likeness (QED) is 0.440. The molecule has 2 rings (SSSR count). The highest BCUT2D eigenvalue weighted by molar-refractivity contribution is 9.10. The minimum atomic E-state index is -0.144. The van der Waals surface area contributed by atoms with Crippen molar-refractivity contribution in [2.24, 2.45) is 0 Å². The second kappa shape index (κ2) is 8.71. The molecule has 1 aromatic carbocycles. The van der Waals surface area contributed by atoms with Crippen LogP contribution in [0.2, 0.25) is 0 Å². The average Bonchev–Trinajstić information content (AvgIpc) is 2.99. The molecule has 0 atom stereocenters. The molecule has 0 saturated carbocycles. The molecule has 1 aromatic heterocycles. The largest absolute Gasteiger partial charge is 0.467 e. The number of ether oxygens (including phenoxy) is 3. The van der Waals surface area contributed by atoms with Crippen molar-refractivity contribution < 1.29 is 18.7 Å². The van der Waals surface area contributed by atoms with E-state index in [4.69, 9.17) is 18.7 Å². The van der Waals surface area contributed by atoms with E-state index in [1.54, 1.807) is 7.11 Å². The zero-order chi connectivity index (χ0) is 20.2. The van der Waals surface area contributed by atoms with Crippen LogP contribution < -0.4 is 4.74 Å². The van der Waals surface area contributed by atoms with Gasteiger partial charge in [-0.05, 0) is 44.0 Å². The van der Waals surface area contributed by atoms with Crippen LogP contribution in [0.4, 0.5) is 0 Å². The van der Waals surface area contributed by atoms with Gasteiger partial charge in [-0.1, -0.05) is 41.5 Å².